The van der Waals surface area contributed by atoms with E-state index < -0.39 is 17.7 Å². The van der Waals surface area contributed by atoms with Crippen LogP contribution < -0.4 is 5.63 Å². The Bertz CT molecular complexity index is 405. The SMILES string of the molecule is CCOC(=O)c1cc(=O)on1C(=O)OCC. The van der Waals surface area contributed by atoms with E-state index in [0.717, 1.165) is 6.07 Å². The van der Waals surface area contributed by atoms with Crippen molar-refractivity contribution in [3.05, 3.63) is 22.2 Å². The molecule has 0 amide bonds. The van der Waals surface area contributed by atoms with Crippen LogP contribution in [0, 0.1) is 0 Å². The number of carbonyl (C=O) groups is 2. The molecule has 7 nitrogen and oxygen atoms in total. The Hall–Kier alpha value is -2.05. The molecule has 0 aliphatic heterocycles. The van der Waals surface area contributed by atoms with Crippen molar-refractivity contribution in [2.75, 3.05) is 13.2 Å². The van der Waals surface area contributed by atoms with Crippen molar-refractivity contribution in [3.8, 4) is 0 Å². The molecule has 7 heteroatoms. The number of rotatable bonds is 3. The molecule has 1 heterocycles. The lowest BCUT2D eigenvalue weighted by molar-refractivity contribution is 0.0491. The van der Waals surface area contributed by atoms with E-state index in [0.29, 0.717) is 4.74 Å². The summed E-state index contributed by atoms with van der Waals surface area (Å²) < 4.78 is 14.2. The highest BCUT2D eigenvalue weighted by Gasteiger charge is 2.22. The van der Waals surface area contributed by atoms with Crippen LogP contribution in [-0.4, -0.2) is 30.0 Å². The number of hydrogen-bond acceptors (Lipinski definition) is 6. The highest BCUT2D eigenvalue weighted by Crippen LogP contribution is 2.02. The molecule has 88 valence electrons. The van der Waals surface area contributed by atoms with E-state index in [1.807, 2.05) is 0 Å². The van der Waals surface area contributed by atoms with E-state index in [2.05, 4.69) is 14.0 Å². The lowest BCUT2D eigenvalue weighted by atomic mass is 10.4. The van der Waals surface area contributed by atoms with Crippen molar-refractivity contribution in [2.24, 2.45) is 0 Å². The van der Waals surface area contributed by atoms with Gasteiger partial charge in [-0.25, -0.2) is 14.4 Å². The summed E-state index contributed by atoms with van der Waals surface area (Å²) in [5.74, 6) is -0.818. The molecule has 0 N–H and O–H groups in total. The second-order valence-electron chi connectivity index (χ2n) is 2.65. The molecule has 1 rings (SSSR count). The van der Waals surface area contributed by atoms with Gasteiger partial charge >= 0.3 is 17.7 Å². The molecule has 0 aliphatic carbocycles. The first kappa shape index (κ1) is 12.0. The minimum Gasteiger partial charge on any atom is -0.461 e. The molecule has 0 unspecified atom stereocenters. The average Bonchev–Trinajstić information content (AvgIpc) is 2.61. The largest absolute Gasteiger partial charge is 0.461 e. The number of nitrogens with zero attached hydrogens (tertiary/aromatic N) is 1. The molecule has 1 aromatic heterocycles. The molecule has 0 aliphatic rings. The van der Waals surface area contributed by atoms with Gasteiger partial charge in [0.25, 0.3) is 0 Å². The van der Waals surface area contributed by atoms with Gasteiger partial charge in [0.1, 0.15) is 0 Å². The van der Waals surface area contributed by atoms with Gasteiger partial charge in [0.2, 0.25) is 0 Å². The van der Waals surface area contributed by atoms with E-state index in [-0.39, 0.29) is 18.9 Å². The fourth-order valence-corrected chi connectivity index (χ4v) is 1.00. The molecule has 0 fully saturated rings. The summed E-state index contributed by atoms with van der Waals surface area (Å²) in [6, 6.07) is 0.870. The fourth-order valence-electron chi connectivity index (χ4n) is 1.00. The summed E-state index contributed by atoms with van der Waals surface area (Å²) >= 11 is 0. The summed E-state index contributed by atoms with van der Waals surface area (Å²) in [6.45, 7) is 3.42. The number of carbonyl (C=O) groups excluding carboxylic acids is 2. The van der Waals surface area contributed by atoms with Crippen molar-refractivity contribution in [1.29, 1.82) is 0 Å². The zero-order valence-electron chi connectivity index (χ0n) is 8.89. The second-order valence-corrected chi connectivity index (χ2v) is 2.65. The Labute approximate surface area is 90.5 Å². The van der Waals surface area contributed by atoms with Crippen LogP contribution >= 0.6 is 0 Å². The van der Waals surface area contributed by atoms with E-state index in [4.69, 9.17) is 0 Å². The van der Waals surface area contributed by atoms with E-state index in [9.17, 15) is 14.4 Å². The van der Waals surface area contributed by atoms with Crippen LogP contribution in [0.15, 0.2) is 15.4 Å². The third kappa shape index (κ3) is 2.50. The Morgan fingerprint density at radius 1 is 1.31 bits per heavy atom. The van der Waals surface area contributed by atoms with Crippen LogP contribution in [0.25, 0.3) is 0 Å². The van der Waals surface area contributed by atoms with Crippen molar-refractivity contribution in [3.63, 3.8) is 0 Å². The van der Waals surface area contributed by atoms with Crippen LogP contribution in [0.1, 0.15) is 24.3 Å². The molecular weight excluding hydrogens is 218 g/mol. The average molecular weight is 229 g/mol. The maximum absolute atomic E-state index is 11.3. The predicted molar refractivity (Wildman–Crippen MR) is 51.3 cm³/mol. The van der Waals surface area contributed by atoms with Gasteiger partial charge < -0.3 is 14.0 Å². The molecule has 0 radical (unpaired) electrons. The van der Waals surface area contributed by atoms with Crippen LogP contribution in [-0.2, 0) is 9.47 Å². The predicted octanol–water partition coefficient (Wildman–Crippen LogP) is 0.623. The zero-order chi connectivity index (χ0) is 12.1. The van der Waals surface area contributed by atoms with Gasteiger partial charge in [0.05, 0.1) is 19.3 Å². The molecule has 0 atom stereocenters. The van der Waals surface area contributed by atoms with Crippen molar-refractivity contribution >= 4 is 12.1 Å². The lowest BCUT2D eigenvalue weighted by Crippen LogP contribution is -2.19. The van der Waals surface area contributed by atoms with Gasteiger partial charge in [0.15, 0.2) is 5.69 Å². The number of aromatic nitrogens is 1. The Balaban J connectivity index is 3.04. The Morgan fingerprint density at radius 2 is 1.94 bits per heavy atom. The van der Waals surface area contributed by atoms with Crippen LogP contribution in [0.2, 0.25) is 0 Å². The quantitative estimate of drug-likeness (QED) is 0.706. The van der Waals surface area contributed by atoms with Gasteiger partial charge in [-0.2, -0.15) is 0 Å². The summed E-state index contributed by atoms with van der Waals surface area (Å²) in [5.41, 5.74) is -1.11. The first-order chi connectivity index (χ1) is 7.60. The number of esters is 1. The molecular formula is C9H11NO6. The van der Waals surface area contributed by atoms with Crippen LogP contribution in [0.4, 0.5) is 4.79 Å². The van der Waals surface area contributed by atoms with E-state index in [1.54, 1.807) is 13.8 Å². The molecule has 0 bridgehead atoms. The van der Waals surface area contributed by atoms with Crippen molar-refractivity contribution < 1.29 is 23.6 Å². The molecule has 0 saturated carbocycles. The third-order valence-corrected chi connectivity index (χ3v) is 1.57. The Kier molecular flexibility index (Phi) is 3.87. The molecule has 16 heavy (non-hydrogen) atoms. The molecule has 0 spiro atoms. The monoisotopic (exact) mass is 229 g/mol. The van der Waals surface area contributed by atoms with Crippen LogP contribution in [0.3, 0.4) is 0 Å². The first-order valence-electron chi connectivity index (χ1n) is 4.67. The van der Waals surface area contributed by atoms with Crippen molar-refractivity contribution in [1.82, 2.24) is 4.74 Å². The van der Waals surface area contributed by atoms with Gasteiger partial charge in [-0.1, -0.05) is 4.74 Å². The summed E-state index contributed by atoms with van der Waals surface area (Å²) in [5, 5.41) is 0. The minimum absolute atomic E-state index is 0.100. The smallest absolute Gasteiger partial charge is 0.448 e. The minimum atomic E-state index is -0.937. The number of hydrogen-bond donors (Lipinski definition) is 0. The maximum Gasteiger partial charge on any atom is 0.448 e. The molecule has 1 aromatic rings. The summed E-state index contributed by atoms with van der Waals surface area (Å²) in [4.78, 5) is 33.6. The topological polar surface area (TPSA) is 87.7 Å². The number of ether oxygens (including phenoxy) is 2. The highest BCUT2D eigenvalue weighted by molar-refractivity contribution is 5.90. The first-order valence-corrected chi connectivity index (χ1v) is 4.67. The highest BCUT2D eigenvalue weighted by atomic mass is 16.6. The molecule has 0 aromatic carbocycles. The second kappa shape index (κ2) is 5.15. The van der Waals surface area contributed by atoms with Gasteiger partial charge in [0, 0.05) is 0 Å². The van der Waals surface area contributed by atoms with Crippen LogP contribution in [0.5, 0.6) is 0 Å². The third-order valence-electron chi connectivity index (χ3n) is 1.57. The summed E-state index contributed by atoms with van der Waals surface area (Å²) in [6.07, 6.45) is -0.937. The van der Waals surface area contributed by atoms with Gasteiger partial charge in [-0.15, -0.1) is 0 Å². The zero-order valence-corrected chi connectivity index (χ0v) is 8.89. The van der Waals surface area contributed by atoms with E-state index in [1.165, 1.54) is 0 Å². The fraction of sp³-hybridized carbons (Fsp3) is 0.444. The van der Waals surface area contributed by atoms with Gasteiger partial charge in [-0.05, 0) is 13.8 Å². The van der Waals surface area contributed by atoms with Crippen molar-refractivity contribution in [2.45, 2.75) is 13.8 Å². The Morgan fingerprint density at radius 3 is 2.50 bits per heavy atom. The molecule has 0 saturated heterocycles. The van der Waals surface area contributed by atoms with Gasteiger partial charge in [-0.3, -0.25) is 0 Å². The normalized spacial score (nSPS) is 9.88. The maximum atomic E-state index is 11.3. The standard InChI is InChI=1S/C9H11NO6/c1-3-14-8(12)6-5-7(11)16-10(6)9(13)15-4-2/h5H,3-4H2,1-2H3. The lowest BCUT2D eigenvalue weighted by Gasteiger charge is -2.03. The van der Waals surface area contributed by atoms with E-state index >= 15 is 0 Å². The summed E-state index contributed by atoms with van der Waals surface area (Å²) in [7, 11) is 0.